The highest BCUT2D eigenvalue weighted by Crippen LogP contribution is 2.31. The number of carbonyl (C=O) groups is 1. The lowest BCUT2D eigenvalue weighted by molar-refractivity contribution is -0.118. The van der Waals surface area contributed by atoms with Gasteiger partial charge < -0.3 is 4.74 Å². The number of morpholine rings is 1. The van der Waals surface area contributed by atoms with E-state index in [1.54, 1.807) is 11.3 Å². The van der Waals surface area contributed by atoms with E-state index >= 15 is 0 Å². The lowest BCUT2D eigenvalue weighted by Crippen LogP contribution is -2.43. The van der Waals surface area contributed by atoms with Crippen molar-refractivity contribution in [3.63, 3.8) is 0 Å². The second kappa shape index (κ2) is 9.36. The van der Waals surface area contributed by atoms with Crippen LogP contribution in [0.15, 0.2) is 60.7 Å². The normalized spacial score (nSPS) is 14.8. The number of ether oxygens (including phenoxy) is 1. The van der Waals surface area contributed by atoms with E-state index in [9.17, 15) is 4.79 Å². The number of aryl methyl sites for hydroxylation is 1. The Bertz CT molecular complexity index is 1240. The van der Waals surface area contributed by atoms with Crippen LogP contribution in [0.4, 0.5) is 5.13 Å². The van der Waals surface area contributed by atoms with Crippen molar-refractivity contribution in [2.45, 2.75) is 13.3 Å². The predicted molar refractivity (Wildman–Crippen MR) is 132 cm³/mol. The molecule has 0 N–H and O–H groups in total. The average Bonchev–Trinajstić information content (AvgIpc) is 3.25. The third-order valence-corrected chi connectivity index (χ3v) is 7.15. The Hall–Kier alpha value is -2.80. The summed E-state index contributed by atoms with van der Waals surface area (Å²) >= 11 is 1.60. The molecular formula is C26H27N3O2S. The van der Waals surface area contributed by atoms with E-state index in [2.05, 4.69) is 54.3 Å². The maximum Gasteiger partial charge on any atom is 0.233 e. The van der Waals surface area contributed by atoms with Gasteiger partial charge in [0.25, 0.3) is 0 Å². The molecule has 0 bridgehead atoms. The van der Waals surface area contributed by atoms with Gasteiger partial charge in [-0.2, -0.15) is 0 Å². The van der Waals surface area contributed by atoms with Crippen LogP contribution >= 0.6 is 11.3 Å². The molecule has 32 heavy (non-hydrogen) atoms. The number of rotatable bonds is 6. The van der Waals surface area contributed by atoms with Gasteiger partial charge in [-0.15, -0.1) is 0 Å². The molecule has 1 amide bonds. The molecule has 3 aromatic carbocycles. The fourth-order valence-electron chi connectivity index (χ4n) is 4.29. The summed E-state index contributed by atoms with van der Waals surface area (Å²) in [5.41, 5.74) is 3.18. The summed E-state index contributed by atoms with van der Waals surface area (Å²) in [6.45, 7) is 6.84. The van der Waals surface area contributed by atoms with Crippen LogP contribution in [0.25, 0.3) is 21.0 Å². The lowest BCUT2D eigenvalue weighted by Gasteiger charge is -2.29. The summed E-state index contributed by atoms with van der Waals surface area (Å²) in [6.07, 6.45) is 0.360. The predicted octanol–water partition coefficient (Wildman–Crippen LogP) is 4.67. The molecule has 1 fully saturated rings. The van der Waals surface area contributed by atoms with E-state index in [-0.39, 0.29) is 5.91 Å². The van der Waals surface area contributed by atoms with Crippen molar-refractivity contribution in [1.29, 1.82) is 0 Å². The van der Waals surface area contributed by atoms with E-state index in [0.717, 1.165) is 70.1 Å². The highest BCUT2D eigenvalue weighted by atomic mass is 32.1. The van der Waals surface area contributed by atoms with Crippen molar-refractivity contribution >= 4 is 43.4 Å². The van der Waals surface area contributed by atoms with Crippen LogP contribution in [0.5, 0.6) is 0 Å². The van der Waals surface area contributed by atoms with Crippen molar-refractivity contribution < 1.29 is 9.53 Å². The van der Waals surface area contributed by atoms with Gasteiger partial charge in [0, 0.05) is 26.2 Å². The van der Waals surface area contributed by atoms with E-state index in [0.29, 0.717) is 13.0 Å². The van der Waals surface area contributed by atoms with Crippen molar-refractivity contribution in [2.75, 3.05) is 44.3 Å². The molecule has 1 aromatic heterocycles. The molecular weight excluding hydrogens is 418 g/mol. The molecule has 5 rings (SSSR count). The molecule has 0 radical (unpaired) electrons. The monoisotopic (exact) mass is 445 g/mol. The van der Waals surface area contributed by atoms with Crippen molar-refractivity contribution in [3.8, 4) is 0 Å². The highest BCUT2D eigenvalue weighted by Gasteiger charge is 2.22. The molecule has 0 saturated carbocycles. The third kappa shape index (κ3) is 4.39. The largest absolute Gasteiger partial charge is 0.379 e. The van der Waals surface area contributed by atoms with Gasteiger partial charge >= 0.3 is 0 Å². The molecule has 1 aliphatic heterocycles. The van der Waals surface area contributed by atoms with Gasteiger partial charge in [0.2, 0.25) is 5.91 Å². The topological polar surface area (TPSA) is 45.7 Å². The van der Waals surface area contributed by atoms with Crippen molar-refractivity contribution in [1.82, 2.24) is 9.88 Å². The molecule has 164 valence electrons. The summed E-state index contributed by atoms with van der Waals surface area (Å²) < 4.78 is 6.60. The zero-order chi connectivity index (χ0) is 21.9. The third-order valence-electron chi connectivity index (χ3n) is 6.11. The standard InChI is InChI=1S/C26H27N3O2S/c1-19-6-4-11-23-25(19)27-26(32-23)29(13-12-28-14-16-31-17-15-28)24(30)18-21-9-5-8-20-7-2-3-10-22(20)21/h2-11H,12-18H2,1H3. The molecule has 2 heterocycles. The van der Waals surface area contributed by atoms with Crippen LogP contribution in [0.1, 0.15) is 11.1 Å². The van der Waals surface area contributed by atoms with Gasteiger partial charge in [-0.25, -0.2) is 4.98 Å². The average molecular weight is 446 g/mol. The smallest absolute Gasteiger partial charge is 0.233 e. The number of fused-ring (bicyclic) bond motifs is 2. The second-order valence-corrected chi connectivity index (χ2v) is 9.24. The maximum absolute atomic E-state index is 13.6. The van der Waals surface area contributed by atoms with Gasteiger partial charge in [0.1, 0.15) is 0 Å². The zero-order valence-electron chi connectivity index (χ0n) is 18.3. The highest BCUT2D eigenvalue weighted by molar-refractivity contribution is 7.22. The summed E-state index contributed by atoms with van der Waals surface area (Å²) in [6, 6.07) is 20.6. The summed E-state index contributed by atoms with van der Waals surface area (Å²) in [5.74, 6) is 0.0892. The molecule has 1 saturated heterocycles. The fourth-order valence-corrected chi connectivity index (χ4v) is 5.37. The Morgan fingerprint density at radius 2 is 1.84 bits per heavy atom. The fraction of sp³-hybridized carbons (Fsp3) is 0.308. The van der Waals surface area contributed by atoms with E-state index in [1.807, 2.05) is 23.1 Å². The SMILES string of the molecule is Cc1cccc2sc(N(CCN3CCOCC3)C(=O)Cc3cccc4ccccc34)nc12. The van der Waals surface area contributed by atoms with Crippen LogP contribution < -0.4 is 4.90 Å². The van der Waals surface area contributed by atoms with Crippen LogP contribution in [0, 0.1) is 6.92 Å². The number of thiazole rings is 1. The zero-order valence-corrected chi connectivity index (χ0v) is 19.1. The van der Waals surface area contributed by atoms with E-state index < -0.39 is 0 Å². The van der Waals surface area contributed by atoms with Gasteiger partial charge in [-0.3, -0.25) is 14.6 Å². The first kappa shape index (κ1) is 21.1. The minimum absolute atomic E-state index is 0.0892. The number of hydrogen-bond donors (Lipinski definition) is 0. The van der Waals surface area contributed by atoms with Crippen LogP contribution in [-0.4, -0.2) is 55.2 Å². The van der Waals surface area contributed by atoms with Gasteiger partial charge in [-0.1, -0.05) is 65.9 Å². The Morgan fingerprint density at radius 3 is 2.69 bits per heavy atom. The molecule has 4 aromatic rings. The Morgan fingerprint density at radius 1 is 1.06 bits per heavy atom. The molecule has 1 aliphatic rings. The molecule has 0 unspecified atom stereocenters. The number of anilines is 1. The molecule has 0 atom stereocenters. The molecule has 0 aliphatic carbocycles. The van der Waals surface area contributed by atoms with Crippen LogP contribution in [-0.2, 0) is 16.0 Å². The van der Waals surface area contributed by atoms with E-state index in [4.69, 9.17) is 9.72 Å². The van der Waals surface area contributed by atoms with Gasteiger partial charge in [0.05, 0.1) is 29.9 Å². The number of hydrogen-bond acceptors (Lipinski definition) is 5. The number of carbonyl (C=O) groups excluding carboxylic acids is 1. The number of nitrogens with zero attached hydrogens (tertiary/aromatic N) is 3. The summed E-state index contributed by atoms with van der Waals surface area (Å²) in [7, 11) is 0. The Labute approximate surface area is 192 Å². The first-order chi connectivity index (χ1) is 15.7. The number of amides is 1. The van der Waals surface area contributed by atoms with Crippen LogP contribution in [0.2, 0.25) is 0 Å². The summed E-state index contributed by atoms with van der Waals surface area (Å²) in [4.78, 5) is 22.8. The van der Waals surface area contributed by atoms with Gasteiger partial charge in [-0.05, 0) is 34.9 Å². The van der Waals surface area contributed by atoms with Crippen LogP contribution in [0.3, 0.4) is 0 Å². The van der Waals surface area contributed by atoms with Crippen molar-refractivity contribution in [3.05, 3.63) is 71.8 Å². The molecule has 0 spiro atoms. The molecule has 6 heteroatoms. The number of para-hydroxylation sites is 1. The minimum Gasteiger partial charge on any atom is -0.379 e. The van der Waals surface area contributed by atoms with Crippen molar-refractivity contribution in [2.24, 2.45) is 0 Å². The Kier molecular flexibility index (Phi) is 6.17. The minimum atomic E-state index is 0.0892. The summed E-state index contributed by atoms with van der Waals surface area (Å²) in [5, 5.41) is 3.08. The number of benzene rings is 3. The van der Waals surface area contributed by atoms with E-state index in [1.165, 1.54) is 0 Å². The second-order valence-electron chi connectivity index (χ2n) is 8.23. The van der Waals surface area contributed by atoms with Gasteiger partial charge in [0.15, 0.2) is 5.13 Å². The number of aromatic nitrogens is 1. The Balaban J connectivity index is 1.44. The molecule has 5 nitrogen and oxygen atoms in total. The maximum atomic E-state index is 13.6. The quantitative estimate of drug-likeness (QED) is 0.433. The lowest BCUT2D eigenvalue weighted by atomic mass is 10.0. The first-order valence-corrected chi connectivity index (χ1v) is 11.9. The first-order valence-electron chi connectivity index (χ1n) is 11.1.